The third-order valence-electron chi connectivity index (χ3n) is 7.38. The Balaban J connectivity index is 1.26. The van der Waals surface area contributed by atoms with Gasteiger partial charge in [0.15, 0.2) is 5.13 Å². The lowest BCUT2D eigenvalue weighted by atomic mass is 9.84. The molecule has 1 fully saturated rings. The number of pyridine rings is 1. The van der Waals surface area contributed by atoms with Crippen molar-refractivity contribution >= 4 is 39.9 Å². The second-order valence-electron chi connectivity index (χ2n) is 10.3. The van der Waals surface area contributed by atoms with E-state index in [4.69, 9.17) is 21.7 Å². The summed E-state index contributed by atoms with van der Waals surface area (Å²) in [5, 5.41) is 12.4. The maximum Gasteiger partial charge on any atom is 0.335 e. The number of anilines is 2. The quantitative estimate of drug-likeness (QED) is 0.210. The molecule has 0 spiro atoms. The molecule has 2 aromatic heterocycles. The van der Waals surface area contributed by atoms with Gasteiger partial charge in [0.2, 0.25) is 0 Å². The van der Waals surface area contributed by atoms with E-state index >= 15 is 0 Å². The number of aromatic carboxylic acids is 1. The Morgan fingerprint density at radius 3 is 2.23 bits per heavy atom. The van der Waals surface area contributed by atoms with Gasteiger partial charge >= 0.3 is 5.97 Å². The molecule has 1 aliphatic rings. The number of hydrogen-bond donors (Lipinski definition) is 1. The molecule has 202 valence electrons. The molecular weight excluding hydrogens is 528 g/mol. The fourth-order valence-corrected chi connectivity index (χ4v) is 6.18. The SMILES string of the molecule is CN(Cc1ccc(C2CCCCC2)cc1)c1cc(-c2csc(N(C)Cc3ccc(C(=O)O)cc3)n2)cc(Cl)n1. The molecule has 6 nitrogen and oxygen atoms in total. The summed E-state index contributed by atoms with van der Waals surface area (Å²) in [6.07, 6.45) is 6.68. The predicted molar refractivity (Wildman–Crippen MR) is 160 cm³/mol. The number of aromatic nitrogens is 2. The van der Waals surface area contributed by atoms with E-state index in [2.05, 4.69) is 39.0 Å². The van der Waals surface area contributed by atoms with Crippen LogP contribution in [-0.2, 0) is 13.1 Å². The van der Waals surface area contributed by atoms with Crippen LogP contribution in [-0.4, -0.2) is 35.1 Å². The minimum Gasteiger partial charge on any atom is -0.478 e. The molecule has 0 amide bonds. The van der Waals surface area contributed by atoms with Gasteiger partial charge in [0.1, 0.15) is 11.0 Å². The van der Waals surface area contributed by atoms with E-state index in [0.29, 0.717) is 17.6 Å². The second kappa shape index (κ2) is 12.2. The Morgan fingerprint density at radius 1 is 0.923 bits per heavy atom. The summed E-state index contributed by atoms with van der Waals surface area (Å²) in [5.74, 6) is 0.588. The summed E-state index contributed by atoms with van der Waals surface area (Å²) >= 11 is 8.01. The van der Waals surface area contributed by atoms with Gasteiger partial charge in [0.05, 0.1) is 11.3 Å². The Hall–Kier alpha value is -3.42. The highest BCUT2D eigenvalue weighted by Crippen LogP contribution is 2.33. The Bertz CT molecular complexity index is 1420. The molecule has 1 N–H and O–H groups in total. The highest BCUT2D eigenvalue weighted by atomic mass is 35.5. The van der Waals surface area contributed by atoms with Crippen molar-refractivity contribution in [3.8, 4) is 11.3 Å². The lowest BCUT2D eigenvalue weighted by Crippen LogP contribution is -2.18. The van der Waals surface area contributed by atoms with Gasteiger partial charge in [-0.1, -0.05) is 67.3 Å². The molecule has 1 saturated carbocycles. The van der Waals surface area contributed by atoms with Crippen LogP contribution >= 0.6 is 22.9 Å². The Labute approximate surface area is 238 Å². The van der Waals surface area contributed by atoms with Crippen molar-refractivity contribution in [1.82, 2.24) is 9.97 Å². The van der Waals surface area contributed by atoms with Gasteiger partial charge in [-0.25, -0.2) is 14.8 Å². The molecule has 0 saturated heterocycles. The van der Waals surface area contributed by atoms with Crippen molar-refractivity contribution in [3.05, 3.63) is 93.5 Å². The number of carboxylic acids is 1. The van der Waals surface area contributed by atoms with Gasteiger partial charge in [-0.05, 0) is 59.7 Å². The van der Waals surface area contributed by atoms with E-state index in [9.17, 15) is 4.79 Å². The van der Waals surface area contributed by atoms with Crippen molar-refractivity contribution in [1.29, 1.82) is 0 Å². The van der Waals surface area contributed by atoms with Gasteiger partial charge in [-0.15, -0.1) is 11.3 Å². The molecule has 0 bridgehead atoms. The van der Waals surface area contributed by atoms with E-state index in [1.807, 2.05) is 43.7 Å². The van der Waals surface area contributed by atoms with Crippen LogP contribution < -0.4 is 9.80 Å². The molecule has 0 atom stereocenters. The average Bonchev–Trinajstić information content (AvgIpc) is 3.45. The largest absolute Gasteiger partial charge is 0.478 e. The lowest BCUT2D eigenvalue weighted by molar-refractivity contribution is 0.0697. The molecule has 39 heavy (non-hydrogen) atoms. The number of halogens is 1. The Morgan fingerprint density at radius 2 is 1.56 bits per heavy atom. The van der Waals surface area contributed by atoms with Crippen molar-refractivity contribution in [2.24, 2.45) is 0 Å². The summed E-state index contributed by atoms with van der Waals surface area (Å²) in [5.41, 5.74) is 5.77. The van der Waals surface area contributed by atoms with Crippen LogP contribution in [0.1, 0.15) is 65.1 Å². The van der Waals surface area contributed by atoms with Gasteiger partial charge in [-0.3, -0.25) is 0 Å². The zero-order valence-corrected chi connectivity index (χ0v) is 23.9. The van der Waals surface area contributed by atoms with E-state index < -0.39 is 5.97 Å². The second-order valence-corrected chi connectivity index (χ2v) is 11.6. The zero-order chi connectivity index (χ0) is 27.4. The Kier molecular flexibility index (Phi) is 8.48. The number of carbonyl (C=O) groups is 1. The smallest absolute Gasteiger partial charge is 0.335 e. The summed E-state index contributed by atoms with van der Waals surface area (Å²) in [6.45, 7) is 1.36. The number of benzene rings is 2. The third kappa shape index (κ3) is 6.78. The number of rotatable bonds is 9. The van der Waals surface area contributed by atoms with Crippen LogP contribution in [0.5, 0.6) is 0 Å². The zero-order valence-electron chi connectivity index (χ0n) is 22.3. The first kappa shape index (κ1) is 27.2. The number of hydrogen-bond acceptors (Lipinski definition) is 6. The predicted octanol–water partition coefficient (Wildman–Crippen LogP) is 7.88. The number of carboxylic acid groups (broad SMARTS) is 1. The minimum atomic E-state index is -0.923. The third-order valence-corrected chi connectivity index (χ3v) is 8.53. The molecule has 0 aliphatic heterocycles. The van der Waals surface area contributed by atoms with E-state index in [1.165, 1.54) is 43.2 Å². The fraction of sp³-hybridized carbons (Fsp3) is 0.323. The molecule has 4 aromatic rings. The summed E-state index contributed by atoms with van der Waals surface area (Å²) in [7, 11) is 4.01. The first-order valence-corrected chi connectivity index (χ1v) is 14.6. The molecule has 0 radical (unpaired) electrons. The van der Waals surface area contributed by atoms with E-state index in [0.717, 1.165) is 34.3 Å². The van der Waals surface area contributed by atoms with Crippen LogP contribution in [0.2, 0.25) is 5.15 Å². The van der Waals surface area contributed by atoms with Crippen LogP contribution in [0.3, 0.4) is 0 Å². The monoisotopic (exact) mass is 560 g/mol. The van der Waals surface area contributed by atoms with Crippen LogP contribution in [0.4, 0.5) is 10.9 Å². The summed E-state index contributed by atoms with van der Waals surface area (Å²) in [4.78, 5) is 24.7. The van der Waals surface area contributed by atoms with Crippen LogP contribution in [0, 0.1) is 0 Å². The minimum absolute atomic E-state index is 0.282. The molecule has 2 heterocycles. The van der Waals surface area contributed by atoms with Crippen LogP contribution in [0.25, 0.3) is 11.3 Å². The summed E-state index contributed by atoms with van der Waals surface area (Å²) in [6, 6.07) is 19.9. The van der Waals surface area contributed by atoms with Crippen molar-refractivity contribution in [2.45, 2.75) is 51.1 Å². The molecule has 2 aromatic carbocycles. The van der Waals surface area contributed by atoms with Gasteiger partial charge < -0.3 is 14.9 Å². The first-order chi connectivity index (χ1) is 18.9. The maximum absolute atomic E-state index is 11.1. The van der Waals surface area contributed by atoms with Crippen LogP contribution in [0.15, 0.2) is 66.0 Å². The normalized spacial score (nSPS) is 13.8. The standard InChI is InChI=1S/C31H33ClN4O2S/c1-35(18-21-8-12-24(13-9-21)23-6-4-3-5-7-23)29-17-26(16-28(32)34-29)27-20-39-31(33-27)36(2)19-22-10-14-25(15-11-22)30(37)38/h8-17,20,23H,3-7,18-19H2,1-2H3,(H,37,38). The van der Waals surface area contributed by atoms with Gasteiger partial charge in [0, 0.05) is 38.1 Å². The fourth-order valence-electron chi connectivity index (χ4n) is 5.18. The van der Waals surface area contributed by atoms with E-state index in [1.54, 1.807) is 23.5 Å². The molecule has 5 rings (SSSR count). The average molecular weight is 561 g/mol. The first-order valence-electron chi connectivity index (χ1n) is 13.3. The molecule has 1 aliphatic carbocycles. The highest BCUT2D eigenvalue weighted by Gasteiger charge is 2.16. The van der Waals surface area contributed by atoms with Crippen molar-refractivity contribution in [2.75, 3.05) is 23.9 Å². The van der Waals surface area contributed by atoms with Gasteiger partial charge in [0.25, 0.3) is 0 Å². The highest BCUT2D eigenvalue weighted by molar-refractivity contribution is 7.14. The lowest BCUT2D eigenvalue weighted by Gasteiger charge is -2.23. The molecule has 8 heteroatoms. The van der Waals surface area contributed by atoms with Crippen molar-refractivity contribution in [3.63, 3.8) is 0 Å². The topological polar surface area (TPSA) is 69.6 Å². The number of nitrogens with zero attached hydrogens (tertiary/aromatic N) is 4. The maximum atomic E-state index is 11.1. The van der Waals surface area contributed by atoms with E-state index in [-0.39, 0.29) is 5.56 Å². The summed E-state index contributed by atoms with van der Waals surface area (Å²) < 4.78 is 0. The number of thiazole rings is 1. The van der Waals surface area contributed by atoms with Crippen molar-refractivity contribution < 1.29 is 9.90 Å². The van der Waals surface area contributed by atoms with Gasteiger partial charge in [-0.2, -0.15) is 0 Å². The molecule has 0 unspecified atom stereocenters. The molecular formula is C31H33ClN4O2S.